The lowest BCUT2D eigenvalue weighted by Gasteiger charge is -2.08. The second-order valence-electron chi connectivity index (χ2n) is 4.37. The van der Waals surface area contributed by atoms with Gasteiger partial charge in [-0.05, 0) is 50.0 Å². The first-order chi connectivity index (χ1) is 8.65. The first-order valence-electron chi connectivity index (χ1n) is 6.49. The lowest BCUT2D eigenvalue weighted by atomic mass is 10.1. The molecular weight excluding hydrogens is 289 g/mol. The van der Waals surface area contributed by atoms with Gasteiger partial charge in [0, 0.05) is 15.1 Å². The van der Waals surface area contributed by atoms with E-state index in [4.69, 9.17) is 34.8 Å². The molecule has 0 saturated carbocycles. The molecule has 18 heavy (non-hydrogen) atoms. The highest BCUT2D eigenvalue weighted by molar-refractivity contribution is 6.39. The average Bonchev–Trinajstić information content (AvgIpc) is 2.30. The third-order valence-electron chi connectivity index (χ3n) is 2.89. The van der Waals surface area contributed by atoms with Crippen LogP contribution in [0.3, 0.4) is 0 Å². The van der Waals surface area contributed by atoms with E-state index in [0.29, 0.717) is 15.1 Å². The van der Waals surface area contributed by atoms with E-state index in [9.17, 15) is 0 Å². The van der Waals surface area contributed by atoms with Crippen LogP contribution in [0.1, 0.15) is 38.2 Å². The van der Waals surface area contributed by atoms with E-state index in [-0.39, 0.29) is 0 Å². The zero-order chi connectivity index (χ0) is 13.4. The largest absolute Gasteiger partial charge is 0.317 e. The molecule has 0 aliphatic heterocycles. The maximum absolute atomic E-state index is 6.14. The highest BCUT2D eigenvalue weighted by Gasteiger charge is 2.07. The fourth-order valence-electron chi connectivity index (χ4n) is 1.89. The van der Waals surface area contributed by atoms with Crippen LogP contribution in [-0.4, -0.2) is 13.1 Å². The Morgan fingerprint density at radius 1 is 0.944 bits per heavy atom. The monoisotopic (exact) mass is 307 g/mol. The van der Waals surface area contributed by atoms with Crippen LogP contribution in [0.2, 0.25) is 15.1 Å². The highest BCUT2D eigenvalue weighted by atomic mass is 35.5. The van der Waals surface area contributed by atoms with Crippen molar-refractivity contribution >= 4 is 34.8 Å². The van der Waals surface area contributed by atoms with Gasteiger partial charge in [0.1, 0.15) is 0 Å². The Bertz CT molecular complexity index is 343. The molecule has 0 amide bonds. The summed E-state index contributed by atoms with van der Waals surface area (Å²) in [6, 6.07) is 3.52. The molecule has 102 valence electrons. The van der Waals surface area contributed by atoms with Crippen LogP contribution >= 0.6 is 34.8 Å². The molecule has 0 fully saturated rings. The average molecular weight is 309 g/mol. The molecule has 0 aliphatic carbocycles. The van der Waals surface area contributed by atoms with Gasteiger partial charge in [0.25, 0.3) is 0 Å². The quantitative estimate of drug-likeness (QED) is 0.638. The maximum atomic E-state index is 6.14. The maximum Gasteiger partial charge on any atom is 0.0467 e. The normalized spacial score (nSPS) is 10.9. The number of unbranched alkanes of at least 4 members (excludes halogenated alkanes) is 3. The molecule has 1 nitrogen and oxygen atoms in total. The topological polar surface area (TPSA) is 12.0 Å². The fraction of sp³-hybridized carbons (Fsp3) is 0.571. The SMILES string of the molecule is CCNCCCCCCc1c(Cl)cc(Cl)cc1Cl. The van der Waals surface area contributed by atoms with Gasteiger partial charge in [-0.2, -0.15) is 0 Å². The predicted octanol–water partition coefficient (Wildman–Crippen LogP) is 5.36. The summed E-state index contributed by atoms with van der Waals surface area (Å²) in [4.78, 5) is 0. The van der Waals surface area contributed by atoms with Gasteiger partial charge >= 0.3 is 0 Å². The lowest BCUT2D eigenvalue weighted by molar-refractivity contribution is 0.598. The van der Waals surface area contributed by atoms with Gasteiger partial charge in [-0.15, -0.1) is 0 Å². The van der Waals surface area contributed by atoms with Crippen LogP contribution < -0.4 is 5.32 Å². The molecule has 0 saturated heterocycles. The zero-order valence-electron chi connectivity index (χ0n) is 10.7. The summed E-state index contributed by atoms with van der Waals surface area (Å²) in [7, 11) is 0. The molecule has 0 aromatic heterocycles. The Kier molecular flexibility index (Phi) is 8.08. The molecule has 0 heterocycles. The number of nitrogens with one attached hydrogen (secondary N) is 1. The van der Waals surface area contributed by atoms with Crippen molar-refractivity contribution in [2.24, 2.45) is 0 Å². The first kappa shape index (κ1) is 16.1. The van der Waals surface area contributed by atoms with E-state index in [1.165, 1.54) is 19.3 Å². The number of halogens is 3. The third kappa shape index (κ3) is 5.79. The molecule has 1 aromatic carbocycles. The molecule has 0 atom stereocenters. The van der Waals surface area contributed by atoms with E-state index in [1.807, 2.05) is 0 Å². The van der Waals surface area contributed by atoms with Crippen molar-refractivity contribution in [3.8, 4) is 0 Å². The van der Waals surface area contributed by atoms with E-state index in [0.717, 1.165) is 31.5 Å². The van der Waals surface area contributed by atoms with Gasteiger partial charge in [-0.3, -0.25) is 0 Å². The molecule has 1 rings (SSSR count). The highest BCUT2D eigenvalue weighted by Crippen LogP contribution is 2.30. The summed E-state index contributed by atoms with van der Waals surface area (Å²) in [5.74, 6) is 0. The molecule has 0 aliphatic rings. The van der Waals surface area contributed by atoms with E-state index < -0.39 is 0 Å². The summed E-state index contributed by atoms with van der Waals surface area (Å²) < 4.78 is 0. The number of rotatable bonds is 8. The Labute approximate surface area is 125 Å². The van der Waals surface area contributed by atoms with Crippen molar-refractivity contribution in [1.29, 1.82) is 0 Å². The standard InChI is InChI=1S/C14H20Cl3N/c1-2-18-8-6-4-3-5-7-12-13(16)9-11(15)10-14(12)17/h9-10,18H,2-8H2,1H3. The lowest BCUT2D eigenvalue weighted by Crippen LogP contribution is -2.13. The molecule has 1 aromatic rings. The van der Waals surface area contributed by atoms with Crippen molar-refractivity contribution in [1.82, 2.24) is 5.32 Å². The van der Waals surface area contributed by atoms with Crippen molar-refractivity contribution in [2.75, 3.05) is 13.1 Å². The van der Waals surface area contributed by atoms with Crippen LogP contribution in [0.4, 0.5) is 0 Å². The van der Waals surface area contributed by atoms with Crippen LogP contribution in [0.5, 0.6) is 0 Å². The molecule has 0 bridgehead atoms. The number of benzene rings is 1. The van der Waals surface area contributed by atoms with Gasteiger partial charge in [-0.1, -0.05) is 54.6 Å². The Morgan fingerprint density at radius 2 is 1.56 bits per heavy atom. The van der Waals surface area contributed by atoms with Crippen LogP contribution in [0.15, 0.2) is 12.1 Å². The third-order valence-corrected chi connectivity index (χ3v) is 3.78. The summed E-state index contributed by atoms with van der Waals surface area (Å²) in [5, 5.41) is 5.28. The Balaban J connectivity index is 2.27. The van der Waals surface area contributed by atoms with Gasteiger partial charge < -0.3 is 5.32 Å². The zero-order valence-corrected chi connectivity index (χ0v) is 13.0. The van der Waals surface area contributed by atoms with E-state index >= 15 is 0 Å². The van der Waals surface area contributed by atoms with Crippen molar-refractivity contribution in [3.05, 3.63) is 32.8 Å². The Morgan fingerprint density at radius 3 is 2.17 bits per heavy atom. The molecule has 1 N–H and O–H groups in total. The van der Waals surface area contributed by atoms with Gasteiger partial charge in [0.2, 0.25) is 0 Å². The van der Waals surface area contributed by atoms with Crippen molar-refractivity contribution < 1.29 is 0 Å². The molecule has 0 spiro atoms. The van der Waals surface area contributed by atoms with Crippen LogP contribution in [-0.2, 0) is 6.42 Å². The minimum Gasteiger partial charge on any atom is -0.317 e. The molecule has 4 heteroatoms. The minimum atomic E-state index is 0.597. The van der Waals surface area contributed by atoms with Crippen molar-refractivity contribution in [3.63, 3.8) is 0 Å². The first-order valence-corrected chi connectivity index (χ1v) is 7.62. The van der Waals surface area contributed by atoms with Gasteiger partial charge in [0.05, 0.1) is 0 Å². The summed E-state index contributed by atoms with van der Waals surface area (Å²) >= 11 is 18.2. The van der Waals surface area contributed by atoms with E-state index in [1.54, 1.807) is 12.1 Å². The molecule has 0 unspecified atom stereocenters. The summed E-state index contributed by atoms with van der Waals surface area (Å²) in [6.07, 6.45) is 5.73. The molecule has 0 radical (unpaired) electrons. The second kappa shape index (κ2) is 9.03. The summed E-state index contributed by atoms with van der Waals surface area (Å²) in [6.45, 7) is 4.29. The fourth-order valence-corrected chi connectivity index (χ4v) is 2.90. The number of hydrogen-bond donors (Lipinski definition) is 1. The van der Waals surface area contributed by atoms with E-state index in [2.05, 4.69) is 12.2 Å². The minimum absolute atomic E-state index is 0.597. The van der Waals surface area contributed by atoms with Crippen LogP contribution in [0.25, 0.3) is 0 Å². The molecular formula is C14H20Cl3N. The Hall–Kier alpha value is 0.0500. The summed E-state index contributed by atoms with van der Waals surface area (Å²) in [5.41, 5.74) is 1.02. The van der Waals surface area contributed by atoms with Gasteiger partial charge in [-0.25, -0.2) is 0 Å². The van der Waals surface area contributed by atoms with Crippen molar-refractivity contribution in [2.45, 2.75) is 39.0 Å². The smallest absolute Gasteiger partial charge is 0.0467 e. The second-order valence-corrected chi connectivity index (χ2v) is 5.62. The number of hydrogen-bond acceptors (Lipinski definition) is 1. The van der Waals surface area contributed by atoms with Crippen LogP contribution in [0, 0.1) is 0 Å². The predicted molar refractivity (Wildman–Crippen MR) is 82.2 cm³/mol. The van der Waals surface area contributed by atoms with Gasteiger partial charge in [0.15, 0.2) is 0 Å².